The van der Waals surface area contributed by atoms with Crippen LogP contribution in [-0.4, -0.2) is 46.6 Å². The first-order valence-corrected chi connectivity index (χ1v) is 12.2. The number of piperidine rings is 1. The minimum absolute atomic E-state index is 0.343. The Balaban J connectivity index is 1.57. The van der Waals surface area contributed by atoms with Gasteiger partial charge in [-0.3, -0.25) is 19.8 Å². The number of likely N-dealkylation sites (tertiary alicyclic amines) is 1. The standard InChI is InChI=1S/C27H33FN2O4/c1-19-6-8-20(9-7-19)23-4-2-3-5-25(23)29-16-14-27(15-17-29,26(31)32)24(18-30(33)34)21-10-12-22(28)13-11-21/h6-13,23-25H,2-5,14-18H2,1H3,(H,31,32). The highest BCUT2D eigenvalue weighted by Gasteiger charge is 2.51. The van der Waals surface area contributed by atoms with E-state index in [9.17, 15) is 24.4 Å². The van der Waals surface area contributed by atoms with Crippen molar-refractivity contribution in [3.63, 3.8) is 0 Å². The van der Waals surface area contributed by atoms with Crippen LogP contribution in [0.4, 0.5) is 4.39 Å². The maximum atomic E-state index is 13.5. The molecule has 1 N–H and O–H groups in total. The van der Waals surface area contributed by atoms with Gasteiger partial charge in [0.2, 0.25) is 6.54 Å². The number of carbonyl (C=O) groups is 1. The normalized spacial score (nSPS) is 23.8. The summed E-state index contributed by atoms with van der Waals surface area (Å²) in [6.45, 7) is 2.79. The molecule has 34 heavy (non-hydrogen) atoms. The molecule has 0 spiro atoms. The molecule has 2 aliphatic rings. The van der Waals surface area contributed by atoms with E-state index in [4.69, 9.17) is 0 Å². The van der Waals surface area contributed by atoms with E-state index >= 15 is 0 Å². The lowest BCUT2D eigenvalue weighted by Gasteiger charge is -2.47. The fourth-order valence-corrected chi connectivity index (χ4v) is 6.16. The number of aliphatic carboxylic acids is 1. The molecule has 182 valence electrons. The third-order valence-corrected chi connectivity index (χ3v) is 8.09. The second-order valence-corrected chi connectivity index (χ2v) is 9.99. The zero-order valence-corrected chi connectivity index (χ0v) is 19.7. The largest absolute Gasteiger partial charge is 0.481 e. The lowest BCUT2D eigenvalue weighted by molar-refractivity contribution is -0.486. The van der Waals surface area contributed by atoms with E-state index in [-0.39, 0.29) is 0 Å². The Morgan fingerprint density at radius 3 is 2.32 bits per heavy atom. The number of aryl methyl sites for hydroxylation is 1. The molecule has 2 fully saturated rings. The van der Waals surface area contributed by atoms with Crippen LogP contribution in [0, 0.1) is 28.3 Å². The van der Waals surface area contributed by atoms with E-state index in [1.165, 1.54) is 41.8 Å². The first kappa shape index (κ1) is 24.3. The van der Waals surface area contributed by atoms with E-state index in [2.05, 4.69) is 36.1 Å². The molecule has 7 heteroatoms. The van der Waals surface area contributed by atoms with Crippen LogP contribution in [0.15, 0.2) is 48.5 Å². The minimum atomic E-state index is -1.24. The molecule has 1 saturated heterocycles. The molecule has 2 aromatic rings. The molecule has 3 atom stereocenters. The van der Waals surface area contributed by atoms with Crippen molar-refractivity contribution in [2.45, 2.75) is 63.3 Å². The second-order valence-electron chi connectivity index (χ2n) is 9.99. The van der Waals surface area contributed by atoms with Crippen LogP contribution in [0.3, 0.4) is 0 Å². The van der Waals surface area contributed by atoms with Gasteiger partial charge in [-0.05, 0) is 74.9 Å². The number of halogens is 1. The zero-order valence-electron chi connectivity index (χ0n) is 19.7. The van der Waals surface area contributed by atoms with Crippen LogP contribution in [0.2, 0.25) is 0 Å². The van der Waals surface area contributed by atoms with Crippen molar-refractivity contribution in [3.05, 3.63) is 81.2 Å². The monoisotopic (exact) mass is 468 g/mol. The van der Waals surface area contributed by atoms with Crippen LogP contribution < -0.4 is 0 Å². The summed E-state index contributed by atoms with van der Waals surface area (Å²) >= 11 is 0. The van der Waals surface area contributed by atoms with Gasteiger partial charge >= 0.3 is 5.97 Å². The molecular formula is C27H33FN2O4. The van der Waals surface area contributed by atoms with Gasteiger partial charge in [0.25, 0.3) is 0 Å². The highest BCUT2D eigenvalue weighted by Crippen LogP contribution is 2.47. The van der Waals surface area contributed by atoms with Crippen LogP contribution in [0.25, 0.3) is 0 Å². The van der Waals surface area contributed by atoms with Crippen LogP contribution in [0.5, 0.6) is 0 Å². The second kappa shape index (κ2) is 10.2. The van der Waals surface area contributed by atoms with E-state index in [1.54, 1.807) is 0 Å². The fraction of sp³-hybridized carbons (Fsp3) is 0.519. The average molecular weight is 469 g/mol. The Morgan fingerprint density at radius 1 is 1.12 bits per heavy atom. The molecule has 1 saturated carbocycles. The van der Waals surface area contributed by atoms with E-state index in [0.717, 1.165) is 19.3 Å². The maximum absolute atomic E-state index is 13.5. The van der Waals surface area contributed by atoms with Crippen molar-refractivity contribution in [3.8, 4) is 0 Å². The molecule has 0 bridgehead atoms. The van der Waals surface area contributed by atoms with Crippen molar-refractivity contribution in [1.82, 2.24) is 4.90 Å². The molecule has 0 aromatic heterocycles. The predicted molar refractivity (Wildman–Crippen MR) is 128 cm³/mol. The molecule has 1 aliphatic carbocycles. The van der Waals surface area contributed by atoms with Gasteiger partial charge in [-0.1, -0.05) is 54.8 Å². The Morgan fingerprint density at radius 2 is 1.74 bits per heavy atom. The third-order valence-electron chi connectivity index (χ3n) is 8.09. The number of carboxylic acids is 1. The summed E-state index contributed by atoms with van der Waals surface area (Å²) in [5, 5.41) is 21.8. The Hall–Kier alpha value is -2.80. The number of hydrogen-bond acceptors (Lipinski definition) is 4. The number of hydrogen-bond donors (Lipinski definition) is 1. The first-order valence-electron chi connectivity index (χ1n) is 12.2. The smallest absolute Gasteiger partial charge is 0.310 e. The molecule has 2 aromatic carbocycles. The van der Waals surface area contributed by atoms with Crippen molar-refractivity contribution >= 4 is 5.97 Å². The van der Waals surface area contributed by atoms with Gasteiger partial charge in [0, 0.05) is 11.0 Å². The van der Waals surface area contributed by atoms with Crippen molar-refractivity contribution in [2.75, 3.05) is 19.6 Å². The third kappa shape index (κ3) is 4.99. The Kier molecular flexibility index (Phi) is 7.31. The summed E-state index contributed by atoms with van der Waals surface area (Å²) in [7, 11) is 0. The maximum Gasteiger partial charge on any atom is 0.310 e. The highest BCUT2D eigenvalue weighted by molar-refractivity contribution is 5.76. The highest BCUT2D eigenvalue weighted by atomic mass is 19.1. The van der Waals surface area contributed by atoms with Gasteiger partial charge in [0.1, 0.15) is 5.82 Å². The molecule has 4 rings (SSSR count). The lowest BCUT2D eigenvalue weighted by atomic mass is 9.65. The summed E-state index contributed by atoms with van der Waals surface area (Å²) < 4.78 is 13.5. The van der Waals surface area contributed by atoms with E-state index in [1.807, 2.05) is 0 Å². The molecule has 0 radical (unpaired) electrons. The van der Waals surface area contributed by atoms with Crippen molar-refractivity contribution in [1.29, 1.82) is 0 Å². The number of nitrogens with zero attached hydrogens (tertiary/aromatic N) is 2. The SMILES string of the molecule is Cc1ccc(C2CCCCC2N2CCC(C(=O)O)(C(C[N+](=O)[O-])c3ccc(F)cc3)CC2)cc1. The summed E-state index contributed by atoms with van der Waals surface area (Å²) in [6.07, 6.45) is 5.23. The summed E-state index contributed by atoms with van der Waals surface area (Å²) in [5.41, 5.74) is 1.85. The number of nitro groups is 1. The molecule has 1 heterocycles. The summed E-state index contributed by atoms with van der Waals surface area (Å²) in [6, 6.07) is 14.6. The van der Waals surface area contributed by atoms with Crippen molar-refractivity contribution < 1.29 is 19.2 Å². The van der Waals surface area contributed by atoms with E-state index < -0.39 is 34.6 Å². The quantitative estimate of drug-likeness (QED) is 0.435. The molecule has 1 aliphatic heterocycles. The summed E-state index contributed by atoms with van der Waals surface area (Å²) in [4.78, 5) is 26.1. The van der Waals surface area contributed by atoms with Crippen LogP contribution >= 0.6 is 0 Å². The van der Waals surface area contributed by atoms with Gasteiger partial charge in [0.15, 0.2) is 0 Å². The van der Waals surface area contributed by atoms with Crippen LogP contribution in [0.1, 0.15) is 67.1 Å². The van der Waals surface area contributed by atoms with Crippen LogP contribution in [-0.2, 0) is 4.79 Å². The van der Waals surface area contributed by atoms with Gasteiger partial charge in [-0.25, -0.2) is 4.39 Å². The first-order chi connectivity index (χ1) is 16.3. The molecule has 0 amide bonds. The molecular weight excluding hydrogens is 435 g/mol. The Labute approximate surface area is 199 Å². The van der Waals surface area contributed by atoms with Gasteiger partial charge in [0.05, 0.1) is 11.3 Å². The number of carboxylic acid groups (broad SMARTS) is 1. The zero-order chi connectivity index (χ0) is 24.3. The lowest BCUT2D eigenvalue weighted by Crippen LogP contribution is -2.53. The predicted octanol–water partition coefficient (Wildman–Crippen LogP) is 5.39. The summed E-state index contributed by atoms with van der Waals surface area (Å²) in [5.74, 6) is -1.83. The number of benzene rings is 2. The Bertz CT molecular complexity index is 1000. The van der Waals surface area contributed by atoms with Gasteiger partial charge in [-0.15, -0.1) is 0 Å². The van der Waals surface area contributed by atoms with Gasteiger partial charge < -0.3 is 5.11 Å². The minimum Gasteiger partial charge on any atom is -0.481 e. The van der Waals surface area contributed by atoms with Crippen molar-refractivity contribution in [2.24, 2.45) is 5.41 Å². The van der Waals surface area contributed by atoms with E-state index in [0.29, 0.717) is 43.5 Å². The average Bonchev–Trinajstić information content (AvgIpc) is 2.83. The van der Waals surface area contributed by atoms with Gasteiger partial charge in [-0.2, -0.15) is 0 Å². The molecule has 3 unspecified atom stereocenters. The molecule has 6 nitrogen and oxygen atoms in total. The fourth-order valence-electron chi connectivity index (χ4n) is 6.16. The topological polar surface area (TPSA) is 83.7 Å². The number of rotatable bonds is 7.